The number of piperidine rings is 1. The van der Waals surface area contributed by atoms with Gasteiger partial charge in [0, 0.05) is 12.6 Å². The van der Waals surface area contributed by atoms with E-state index in [0.29, 0.717) is 6.04 Å². The summed E-state index contributed by atoms with van der Waals surface area (Å²) >= 11 is 0. The summed E-state index contributed by atoms with van der Waals surface area (Å²) in [5, 5.41) is 3.67. The molecule has 0 radical (unpaired) electrons. The third kappa shape index (κ3) is 5.64. The van der Waals surface area contributed by atoms with Crippen LogP contribution in [0.5, 0.6) is 0 Å². The van der Waals surface area contributed by atoms with Gasteiger partial charge in [-0.15, -0.1) is 0 Å². The van der Waals surface area contributed by atoms with Gasteiger partial charge in [0.2, 0.25) is 0 Å². The maximum Gasteiger partial charge on any atom is 0.0166 e. The Morgan fingerprint density at radius 3 is 2.50 bits per heavy atom. The van der Waals surface area contributed by atoms with E-state index in [1.165, 1.54) is 62.9 Å². The van der Waals surface area contributed by atoms with Crippen LogP contribution in [0.3, 0.4) is 0 Å². The first-order valence-corrected chi connectivity index (χ1v) is 8.25. The van der Waals surface area contributed by atoms with Crippen molar-refractivity contribution < 1.29 is 0 Å². The van der Waals surface area contributed by atoms with Crippen molar-refractivity contribution in [2.45, 2.75) is 52.0 Å². The van der Waals surface area contributed by atoms with Gasteiger partial charge < -0.3 is 10.2 Å². The molecule has 20 heavy (non-hydrogen) atoms. The van der Waals surface area contributed by atoms with Crippen molar-refractivity contribution in [2.75, 3.05) is 26.2 Å². The minimum absolute atomic E-state index is 0.617. The van der Waals surface area contributed by atoms with Gasteiger partial charge in [0.1, 0.15) is 0 Å². The number of benzene rings is 1. The summed E-state index contributed by atoms with van der Waals surface area (Å²) in [7, 11) is 0. The van der Waals surface area contributed by atoms with E-state index in [2.05, 4.69) is 48.3 Å². The number of likely N-dealkylation sites (tertiary alicyclic amines) is 1. The second kappa shape index (κ2) is 8.43. The molecule has 0 amide bonds. The zero-order valence-corrected chi connectivity index (χ0v) is 13.2. The number of rotatable bonds is 7. The second-order valence-electron chi connectivity index (χ2n) is 6.31. The molecule has 1 aromatic carbocycles. The number of nitrogens with zero attached hydrogens (tertiary/aromatic N) is 1. The number of hydrogen-bond acceptors (Lipinski definition) is 2. The molecule has 1 saturated heterocycles. The normalized spacial score (nSPS) is 18.1. The zero-order valence-electron chi connectivity index (χ0n) is 13.2. The Kier molecular flexibility index (Phi) is 6.55. The van der Waals surface area contributed by atoms with Gasteiger partial charge >= 0.3 is 0 Å². The maximum atomic E-state index is 3.67. The standard InChI is InChI=1S/C18H30N2/c1-16-8-10-18(11-9-16)7-6-12-19-17(2)15-20-13-4-3-5-14-20/h8-11,17,19H,3-7,12-15H2,1-2H3. The Morgan fingerprint density at radius 2 is 1.80 bits per heavy atom. The van der Waals surface area contributed by atoms with Crippen LogP contribution in [0.15, 0.2) is 24.3 Å². The fraction of sp³-hybridized carbons (Fsp3) is 0.667. The van der Waals surface area contributed by atoms with Crippen molar-refractivity contribution in [3.63, 3.8) is 0 Å². The molecule has 1 aliphatic heterocycles. The fourth-order valence-corrected chi connectivity index (χ4v) is 2.99. The minimum atomic E-state index is 0.617. The van der Waals surface area contributed by atoms with E-state index in [1.54, 1.807) is 0 Å². The van der Waals surface area contributed by atoms with E-state index < -0.39 is 0 Å². The van der Waals surface area contributed by atoms with Gasteiger partial charge in [-0.2, -0.15) is 0 Å². The molecule has 0 aromatic heterocycles. The van der Waals surface area contributed by atoms with Crippen LogP contribution in [-0.4, -0.2) is 37.1 Å². The lowest BCUT2D eigenvalue weighted by Crippen LogP contribution is -2.41. The first-order chi connectivity index (χ1) is 9.74. The zero-order chi connectivity index (χ0) is 14.2. The lowest BCUT2D eigenvalue weighted by molar-refractivity contribution is 0.209. The molecule has 0 spiro atoms. The van der Waals surface area contributed by atoms with Gasteiger partial charge in [0.25, 0.3) is 0 Å². The molecule has 1 N–H and O–H groups in total. The summed E-state index contributed by atoms with van der Waals surface area (Å²) in [6.07, 6.45) is 6.62. The first-order valence-electron chi connectivity index (χ1n) is 8.25. The highest BCUT2D eigenvalue weighted by Crippen LogP contribution is 2.09. The molecule has 1 aliphatic rings. The van der Waals surface area contributed by atoms with E-state index in [-0.39, 0.29) is 0 Å². The molecule has 112 valence electrons. The van der Waals surface area contributed by atoms with E-state index in [4.69, 9.17) is 0 Å². The Hall–Kier alpha value is -0.860. The van der Waals surface area contributed by atoms with Crippen LogP contribution in [0.1, 0.15) is 43.7 Å². The average Bonchev–Trinajstić information content (AvgIpc) is 2.46. The van der Waals surface area contributed by atoms with Gasteiger partial charge in [0.05, 0.1) is 0 Å². The van der Waals surface area contributed by atoms with Crippen LogP contribution in [0.2, 0.25) is 0 Å². The summed E-state index contributed by atoms with van der Waals surface area (Å²) < 4.78 is 0. The molecule has 1 aromatic rings. The van der Waals surface area contributed by atoms with Crippen LogP contribution in [0, 0.1) is 6.92 Å². The molecule has 1 fully saturated rings. The predicted octanol–water partition coefficient (Wildman–Crippen LogP) is 3.39. The fourth-order valence-electron chi connectivity index (χ4n) is 2.99. The SMILES string of the molecule is Cc1ccc(CCCNC(C)CN2CCCCC2)cc1. The van der Waals surface area contributed by atoms with E-state index in [1.807, 2.05) is 0 Å². The molecule has 0 aliphatic carbocycles. The van der Waals surface area contributed by atoms with Crippen LogP contribution >= 0.6 is 0 Å². The average molecular weight is 274 g/mol. The van der Waals surface area contributed by atoms with Gasteiger partial charge in [0.15, 0.2) is 0 Å². The highest BCUT2D eigenvalue weighted by Gasteiger charge is 2.12. The third-order valence-electron chi connectivity index (χ3n) is 4.24. The van der Waals surface area contributed by atoms with Crippen molar-refractivity contribution >= 4 is 0 Å². The first kappa shape index (κ1) is 15.5. The van der Waals surface area contributed by atoms with Crippen molar-refractivity contribution in [2.24, 2.45) is 0 Å². The summed E-state index contributed by atoms with van der Waals surface area (Å²) in [5.74, 6) is 0. The highest BCUT2D eigenvalue weighted by molar-refractivity contribution is 5.21. The van der Waals surface area contributed by atoms with Gasteiger partial charge in [-0.05, 0) is 64.7 Å². The number of aryl methyl sites for hydroxylation is 2. The maximum absolute atomic E-state index is 3.67. The molecule has 2 nitrogen and oxygen atoms in total. The molecule has 1 atom stereocenters. The topological polar surface area (TPSA) is 15.3 Å². The van der Waals surface area contributed by atoms with Gasteiger partial charge in [-0.1, -0.05) is 36.2 Å². The molecule has 0 bridgehead atoms. The van der Waals surface area contributed by atoms with Crippen molar-refractivity contribution in [1.29, 1.82) is 0 Å². The monoisotopic (exact) mass is 274 g/mol. The van der Waals surface area contributed by atoms with E-state index in [9.17, 15) is 0 Å². The lowest BCUT2D eigenvalue weighted by atomic mass is 10.1. The van der Waals surface area contributed by atoms with Crippen LogP contribution in [0.4, 0.5) is 0 Å². The number of nitrogens with one attached hydrogen (secondary N) is 1. The lowest BCUT2D eigenvalue weighted by Gasteiger charge is -2.29. The highest BCUT2D eigenvalue weighted by atomic mass is 15.1. The molecule has 1 heterocycles. The van der Waals surface area contributed by atoms with Crippen LogP contribution in [0.25, 0.3) is 0 Å². The van der Waals surface area contributed by atoms with Crippen LogP contribution < -0.4 is 5.32 Å². The Labute approximate surface area is 124 Å². The summed E-state index contributed by atoms with van der Waals surface area (Å²) in [5.41, 5.74) is 2.81. The van der Waals surface area contributed by atoms with Crippen LogP contribution in [-0.2, 0) is 6.42 Å². The Bertz CT molecular complexity index is 366. The Morgan fingerprint density at radius 1 is 1.10 bits per heavy atom. The van der Waals surface area contributed by atoms with Gasteiger partial charge in [-0.25, -0.2) is 0 Å². The van der Waals surface area contributed by atoms with E-state index in [0.717, 1.165) is 6.54 Å². The molecular weight excluding hydrogens is 244 g/mol. The molecule has 2 rings (SSSR count). The molecular formula is C18H30N2. The summed E-state index contributed by atoms with van der Waals surface area (Å²) in [4.78, 5) is 2.61. The quantitative estimate of drug-likeness (QED) is 0.767. The van der Waals surface area contributed by atoms with Crippen molar-refractivity contribution in [3.8, 4) is 0 Å². The molecule has 2 heteroatoms. The minimum Gasteiger partial charge on any atom is -0.313 e. The van der Waals surface area contributed by atoms with E-state index >= 15 is 0 Å². The summed E-state index contributed by atoms with van der Waals surface area (Å²) in [6.45, 7) is 9.41. The predicted molar refractivity (Wildman–Crippen MR) is 87.3 cm³/mol. The molecule has 0 saturated carbocycles. The second-order valence-corrected chi connectivity index (χ2v) is 6.31. The largest absolute Gasteiger partial charge is 0.313 e. The van der Waals surface area contributed by atoms with Gasteiger partial charge in [-0.3, -0.25) is 0 Å². The van der Waals surface area contributed by atoms with Crippen molar-refractivity contribution in [3.05, 3.63) is 35.4 Å². The molecule has 1 unspecified atom stereocenters. The number of hydrogen-bond donors (Lipinski definition) is 1. The smallest absolute Gasteiger partial charge is 0.0166 e. The Balaban J connectivity index is 1.56. The van der Waals surface area contributed by atoms with Crippen molar-refractivity contribution in [1.82, 2.24) is 10.2 Å². The summed E-state index contributed by atoms with van der Waals surface area (Å²) in [6, 6.07) is 9.55. The third-order valence-corrected chi connectivity index (χ3v) is 4.24.